The molecular weight excluding hydrogens is 234 g/mol. The molecule has 2 nitrogen and oxygen atoms in total. The molecule has 0 heterocycles. The van der Waals surface area contributed by atoms with Gasteiger partial charge >= 0.3 is 0 Å². The summed E-state index contributed by atoms with van der Waals surface area (Å²) in [5, 5.41) is 0. The fraction of sp³-hybridized carbons (Fsp3) is 0.647. The predicted molar refractivity (Wildman–Crippen MR) is 80.3 cm³/mol. The maximum absolute atomic E-state index is 6.64. The van der Waals surface area contributed by atoms with Crippen LogP contribution in [0.4, 0.5) is 0 Å². The predicted octanol–water partition coefficient (Wildman–Crippen LogP) is 4.23. The summed E-state index contributed by atoms with van der Waals surface area (Å²) in [5.74, 6) is 1.81. The van der Waals surface area contributed by atoms with Crippen LogP contribution in [-0.2, 0) is 5.54 Å². The summed E-state index contributed by atoms with van der Waals surface area (Å²) in [6, 6.07) is 8.36. The lowest BCUT2D eigenvalue weighted by atomic mass is 9.73. The van der Waals surface area contributed by atoms with Crippen molar-refractivity contribution in [1.82, 2.24) is 0 Å². The largest absolute Gasteiger partial charge is 0.491 e. The number of hydrogen-bond acceptors (Lipinski definition) is 2. The SMILES string of the molecule is CCC1CCC(N)(c2cccc(OC(C)C)c2)CC1. The topological polar surface area (TPSA) is 35.2 Å². The van der Waals surface area contributed by atoms with Crippen LogP contribution in [0.15, 0.2) is 24.3 Å². The van der Waals surface area contributed by atoms with Crippen LogP contribution in [0.5, 0.6) is 5.75 Å². The van der Waals surface area contributed by atoms with Crippen molar-refractivity contribution in [3.05, 3.63) is 29.8 Å². The highest BCUT2D eigenvalue weighted by molar-refractivity contribution is 5.33. The molecule has 2 heteroatoms. The van der Waals surface area contributed by atoms with Gasteiger partial charge in [0, 0.05) is 5.54 Å². The third-order valence-corrected chi connectivity index (χ3v) is 4.36. The lowest BCUT2D eigenvalue weighted by molar-refractivity contribution is 0.226. The van der Waals surface area contributed by atoms with Crippen molar-refractivity contribution in [3.63, 3.8) is 0 Å². The molecule has 1 aromatic rings. The van der Waals surface area contributed by atoms with Crippen molar-refractivity contribution in [2.75, 3.05) is 0 Å². The van der Waals surface area contributed by atoms with E-state index >= 15 is 0 Å². The minimum Gasteiger partial charge on any atom is -0.491 e. The second-order valence-corrected chi connectivity index (χ2v) is 6.20. The number of benzene rings is 1. The van der Waals surface area contributed by atoms with E-state index in [1.54, 1.807) is 0 Å². The first-order valence-corrected chi connectivity index (χ1v) is 7.59. The quantitative estimate of drug-likeness (QED) is 0.880. The van der Waals surface area contributed by atoms with E-state index in [-0.39, 0.29) is 11.6 Å². The van der Waals surface area contributed by atoms with Gasteiger partial charge in [0.25, 0.3) is 0 Å². The number of ether oxygens (including phenoxy) is 1. The monoisotopic (exact) mass is 261 g/mol. The van der Waals surface area contributed by atoms with Crippen molar-refractivity contribution < 1.29 is 4.74 Å². The van der Waals surface area contributed by atoms with E-state index in [0.29, 0.717) is 0 Å². The zero-order valence-electron chi connectivity index (χ0n) is 12.5. The maximum atomic E-state index is 6.64. The third kappa shape index (κ3) is 3.50. The molecule has 0 spiro atoms. The molecule has 1 aliphatic carbocycles. The molecule has 0 bridgehead atoms. The van der Waals surface area contributed by atoms with Crippen molar-refractivity contribution >= 4 is 0 Å². The van der Waals surface area contributed by atoms with Crippen LogP contribution < -0.4 is 10.5 Å². The Bertz CT molecular complexity index is 405. The van der Waals surface area contributed by atoms with Crippen molar-refractivity contribution in [3.8, 4) is 5.75 Å². The highest BCUT2D eigenvalue weighted by Crippen LogP contribution is 2.39. The second kappa shape index (κ2) is 5.96. The summed E-state index contributed by atoms with van der Waals surface area (Å²) in [6.45, 7) is 6.39. The zero-order chi connectivity index (χ0) is 13.9. The Morgan fingerprint density at radius 1 is 1.32 bits per heavy atom. The molecule has 0 aromatic heterocycles. The first-order chi connectivity index (χ1) is 9.03. The van der Waals surface area contributed by atoms with Gasteiger partial charge in [0.2, 0.25) is 0 Å². The van der Waals surface area contributed by atoms with Crippen molar-refractivity contribution in [2.24, 2.45) is 11.7 Å². The standard InChI is InChI=1S/C17H27NO/c1-4-14-8-10-17(18,11-9-14)15-6-5-7-16(12-15)19-13(2)3/h5-7,12-14H,4,8-11,18H2,1-3H3. The zero-order valence-corrected chi connectivity index (χ0v) is 12.5. The molecule has 2 N–H and O–H groups in total. The van der Waals surface area contributed by atoms with Crippen LogP contribution in [0.2, 0.25) is 0 Å². The van der Waals surface area contributed by atoms with Gasteiger partial charge in [-0.25, -0.2) is 0 Å². The maximum Gasteiger partial charge on any atom is 0.120 e. The van der Waals surface area contributed by atoms with Crippen LogP contribution in [-0.4, -0.2) is 6.10 Å². The van der Waals surface area contributed by atoms with Gasteiger partial charge in [-0.05, 0) is 63.1 Å². The summed E-state index contributed by atoms with van der Waals surface area (Å²) in [4.78, 5) is 0. The lowest BCUT2D eigenvalue weighted by Crippen LogP contribution is -2.40. The molecule has 1 aromatic carbocycles. The average molecular weight is 261 g/mol. The van der Waals surface area contributed by atoms with Gasteiger partial charge in [-0.15, -0.1) is 0 Å². The Morgan fingerprint density at radius 3 is 2.58 bits per heavy atom. The van der Waals surface area contributed by atoms with E-state index in [1.807, 2.05) is 6.07 Å². The van der Waals surface area contributed by atoms with Crippen LogP contribution in [0, 0.1) is 5.92 Å². The Balaban J connectivity index is 2.12. The highest BCUT2D eigenvalue weighted by Gasteiger charge is 2.32. The summed E-state index contributed by atoms with van der Waals surface area (Å²) in [7, 11) is 0. The molecule has 0 amide bonds. The van der Waals surface area contributed by atoms with Gasteiger partial charge in [0.15, 0.2) is 0 Å². The molecule has 0 unspecified atom stereocenters. The summed E-state index contributed by atoms with van der Waals surface area (Å²) < 4.78 is 5.78. The van der Waals surface area contributed by atoms with Crippen molar-refractivity contribution in [1.29, 1.82) is 0 Å². The van der Waals surface area contributed by atoms with Gasteiger partial charge in [-0.2, -0.15) is 0 Å². The normalized spacial score (nSPS) is 27.5. The third-order valence-electron chi connectivity index (χ3n) is 4.36. The van der Waals surface area contributed by atoms with E-state index < -0.39 is 0 Å². The van der Waals surface area contributed by atoms with Gasteiger partial charge in [0.1, 0.15) is 5.75 Å². The van der Waals surface area contributed by atoms with E-state index in [1.165, 1.54) is 24.8 Å². The minimum atomic E-state index is -0.151. The van der Waals surface area contributed by atoms with E-state index in [2.05, 4.69) is 39.0 Å². The number of rotatable bonds is 4. The second-order valence-electron chi connectivity index (χ2n) is 6.20. The molecule has 106 valence electrons. The molecule has 0 atom stereocenters. The van der Waals surface area contributed by atoms with Gasteiger partial charge in [-0.3, -0.25) is 0 Å². The van der Waals surface area contributed by atoms with E-state index in [0.717, 1.165) is 24.5 Å². The highest BCUT2D eigenvalue weighted by atomic mass is 16.5. The van der Waals surface area contributed by atoms with Crippen LogP contribution in [0.1, 0.15) is 58.4 Å². The Kier molecular flexibility index (Phi) is 4.51. The number of nitrogens with two attached hydrogens (primary N) is 1. The average Bonchev–Trinajstić information content (AvgIpc) is 2.39. The summed E-state index contributed by atoms with van der Waals surface area (Å²) >= 11 is 0. The minimum absolute atomic E-state index is 0.151. The van der Waals surface area contributed by atoms with Gasteiger partial charge in [-0.1, -0.05) is 25.5 Å². The smallest absolute Gasteiger partial charge is 0.120 e. The van der Waals surface area contributed by atoms with Crippen LogP contribution in [0.3, 0.4) is 0 Å². The van der Waals surface area contributed by atoms with Crippen LogP contribution >= 0.6 is 0 Å². The lowest BCUT2D eigenvalue weighted by Gasteiger charge is -2.37. The molecule has 1 aliphatic rings. The number of hydrogen-bond donors (Lipinski definition) is 1. The molecule has 19 heavy (non-hydrogen) atoms. The van der Waals surface area contributed by atoms with E-state index in [9.17, 15) is 0 Å². The Morgan fingerprint density at radius 2 is 2.00 bits per heavy atom. The summed E-state index contributed by atoms with van der Waals surface area (Å²) in [5.41, 5.74) is 7.73. The van der Waals surface area contributed by atoms with E-state index in [4.69, 9.17) is 10.5 Å². The molecular formula is C17H27NO. The molecule has 1 fully saturated rings. The molecule has 0 radical (unpaired) electrons. The van der Waals surface area contributed by atoms with Gasteiger partial charge in [0.05, 0.1) is 6.10 Å². The Hall–Kier alpha value is -1.02. The fourth-order valence-electron chi connectivity index (χ4n) is 3.04. The first-order valence-electron chi connectivity index (χ1n) is 7.59. The Labute approximate surface area is 117 Å². The van der Waals surface area contributed by atoms with Crippen LogP contribution in [0.25, 0.3) is 0 Å². The molecule has 0 aliphatic heterocycles. The fourth-order valence-corrected chi connectivity index (χ4v) is 3.04. The van der Waals surface area contributed by atoms with Crippen molar-refractivity contribution in [2.45, 2.75) is 64.5 Å². The molecule has 1 saturated carbocycles. The molecule has 0 saturated heterocycles. The molecule has 2 rings (SSSR count). The first kappa shape index (κ1) is 14.4. The summed E-state index contributed by atoms with van der Waals surface area (Å²) in [6.07, 6.45) is 6.18. The van der Waals surface area contributed by atoms with Gasteiger partial charge < -0.3 is 10.5 Å².